The molecule has 0 spiro atoms. The molecule has 2 N–H and O–H groups in total. The molecule has 1 amide bonds. The van der Waals surface area contributed by atoms with Gasteiger partial charge in [-0.25, -0.2) is 14.7 Å². The summed E-state index contributed by atoms with van der Waals surface area (Å²) in [7, 11) is -1.22. The smallest absolute Gasteiger partial charge is 0.281 e. The molecule has 1 atom stereocenters. The van der Waals surface area contributed by atoms with Crippen LogP contribution in [0.1, 0.15) is 37.6 Å². The molecule has 0 radical (unpaired) electrons. The molecule has 196 valence electrons. The fourth-order valence-corrected chi connectivity index (χ4v) is 5.25. The summed E-state index contributed by atoms with van der Waals surface area (Å²) < 4.78 is 39.1. The summed E-state index contributed by atoms with van der Waals surface area (Å²) in [6.07, 6.45) is 2.55. The molecule has 1 saturated heterocycles. The maximum absolute atomic E-state index is 13.2. The van der Waals surface area contributed by atoms with Crippen molar-refractivity contribution in [2.24, 2.45) is 5.92 Å². The zero-order valence-electron chi connectivity index (χ0n) is 21.5. The highest BCUT2D eigenvalue weighted by Crippen LogP contribution is 2.38. The molecule has 11 heteroatoms. The second-order valence-corrected chi connectivity index (χ2v) is 11.0. The van der Waals surface area contributed by atoms with Crippen LogP contribution in [-0.2, 0) is 10.0 Å². The molecule has 1 unspecified atom stereocenters. The largest absolute Gasteiger partial charge is 0.497 e. The van der Waals surface area contributed by atoms with Gasteiger partial charge in [-0.2, -0.15) is 8.42 Å². The number of nitrogens with one attached hydrogen (secondary N) is 2. The fraction of sp³-hybridized carbons (Fsp3) is 0.346. The van der Waals surface area contributed by atoms with E-state index in [0.717, 1.165) is 13.0 Å². The maximum Gasteiger partial charge on any atom is 0.281 e. The Labute approximate surface area is 217 Å². The van der Waals surface area contributed by atoms with Crippen molar-refractivity contribution in [3.05, 3.63) is 60.3 Å². The molecule has 1 aliphatic heterocycles. The molecular formula is C26H31N5O5S. The van der Waals surface area contributed by atoms with Gasteiger partial charge in [0.05, 0.1) is 25.5 Å². The molecule has 0 bridgehead atoms. The number of hydrogen-bond donors (Lipinski definition) is 2. The van der Waals surface area contributed by atoms with E-state index in [4.69, 9.17) is 9.47 Å². The van der Waals surface area contributed by atoms with E-state index >= 15 is 0 Å². The van der Waals surface area contributed by atoms with Crippen LogP contribution in [0, 0.1) is 5.92 Å². The summed E-state index contributed by atoms with van der Waals surface area (Å²) in [5.41, 5.74) is 0.490. The standard InChI is InChI=1S/C26H31N5O5S/c1-17-13-15-31(26(17,2)3)24-19(8-7-14-27-24)25(32)30-37(33,34)23-10-6-9-22(29-23)28-20-16-18(35-4)11-12-21(20)36-5/h6-12,14,16-17H,13,15H2,1-5H3,(H,28,29)(H,30,32). The minimum absolute atomic E-state index is 0.184. The number of methoxy groups -OCH3 is 2. The summed E-state index contributed by atoms with van der Waals surface area (Å²) >= 11 is 0. The Bertz CT molecular complexity index is 1410. The number of sulfonamides is 1. The third kappa shape index (κ3) is 5.31. The number of ether oxygens (including phenoxy) is 2. The number of hydrogen-bond acceptors (Lipinski definition) is 9. The van der Waals surface area contributed by atoms with Crippen molar-refractivity contribution in [3.63, 3.8) is 0 Å². The van der Waals surface area contributed by atoms with Gasteiger partial charge in [0, 0.05) is 24.3 Å². The summed E-state index contributed by atoms with van der Waals surface area (Å²) in [5.74, 6) is 1.43. The minimum Gasteiger partial charge on any atom is -0.497 e. The lowest BCUT2D eigenvalue weighted by Crippen LogP contribution is -2.43. The predicted molar refractivity (Wildman–Crippen MR) is 141 cm³/mol. The van der Waals surface area contributed by atoms with Crippen LogP contribution in [0.3, 0.4) is 0 Å². The number of carbonyl (C=O) groups is 1. The lowest BCUT2D eigenvalue weighted by molar-refractivity contribution is 0.0981. The van der Waals surface area contributed by atoms with Crippen LogP contribution in [0.5, 0.6) is 11.5 Å². The van der Waals surface area contributed by atoms with Crippen LogP contribution in [-0.4, -0.2) is 50.6 Å². The first kappa shape index (κ1) is 26.2. The second kappa shape index (κ2) is 10.3. The van der Waals surface area contributed by atoms with Gasteiger partial charge in [-0.1, -0.05) is 13.0 Å². The van der Waals surface area contributed by atoms with Crippen LogP contribution in [0.2, 0.25) is 0 Å². The van der Waals surface area contributed by atoms with Gasteiger partial charge in [-0.05, 0) is 62.6 Å². The zero-order chi connectivity index (χ0) is 26.8. The van der Waals surface area contributed by atoms with E-state index in [2.05, 4.69) is 45.7 Å². The van der Waals surface area contributed by atoms with Crippen LogP contribution >= 0.6 is 0 Å². The SMILES string of the molecule is COc1ccc(OC)c(Nc2cccc(S(=O)(=O)NC(=O)c3cccnc3N3CCC(C)C3(C)C)n2)c1. The highest BCUT2D eigenvalue weighted by molar-refractivity contribution is 7.90. The number of benzene rings is 1. The first-order valence-corrected chi connectivity index (χ1v) is 13.3. The monoisotopic (exact) mass is 525 g/mol. The van der Waals surface area contributed by atoms with Crippen molar-refractivity contribution in [1.29, 1.82) is 0 Å². The third-order valence-electron chi connectivity index (χ3n) is 6.87. The molecule has 10 nitrogen and oxygen atoms in total. The first-order valence-electron chi connectivity index (χ1n) is 11.8. The third-order valence-corrected chi connectivity index (χ3v) is 8.10. The van der Waals surface area contributed by atoms with Crippen molar-refractivity contribution in [2.75, 3.05) is 31.0 Å². The topological polar surface area (TPSA) is 123 Å². The lowest BCUT2D eigenvalue weighted by atomic mass is 9.90. The summed E-state index contributed by atoms with van der Waals surface area (Å²) in [6.45, 7) is 7.07. The van der Waals surface area contributed by atoms with Gasteiger partial charge in [0.1, 0.15) is 23.1 Å². The van der Waals surface area contributed by atoms with Crippen molar-refractivity contribution in [3.8, 4) is 11.5 Å². The van der Waals surface area contributed by atoms with Crippen LogP contribution in [0.15, 0.2) is 59.8 Å². The second-order valence-electron chi connectivity index (χ2n) is 9.36. The van der Waals surface area contributed by atoms with E-state index in [1.807, 2.05) is 0 Å². The van der Waals surface area contributed by atoms with Gasteiger partial charge in [0.25, 0.3) is 15.9 Å². The number of rotatable bonds is 8. The Kier molecular flexibility index (Phi) is 7.26. The Morgan fingerprint density at radius 3 is 2.57 bits per heavy atom. The van der Waals surface area contributed by atoms with Gasteiger partial charge in [-0.15, -0.1) is 0 Å². The molecule has 37 heavy (non-hydrogen) atoms. The quantitative estimate of drug-likeness (QED) is 0.449. The molecule has 3 aromatic rings. The van der Waals surface area contributed by atoms with Crippen molar-refractivity contribution in [2.45, 2.75) is 37.8 Å². The average molecular weight is 526 g/mol. The molecule has 1 fully saturated rings. The summed E-state index contributed by atoms with van der Waals surface area (Å²) in [4.78, 5) is 23.9. The van der Waals surface area contributed by atoms with Crippen LogP contribution in [0.25, 0.3) is 0 Å². The summed E-state index contributed by atoms with van der Waals surface area (Å²) in [6, 6.07) is 12.8. The number of amides is 1. The molecule has 3 heterocycles. The van der Waals surface area contributed by atoms with Gasteiger partial charge >= 0.3 is 0 Å². The van der Waals surface area contributed by atoms with E-state index in [1.54, 1.807) is 49.7 Å². The number of pyridine rings is 2. The van der Waals surface area contributed by atoms with Gasteiger partial charge in [0.2, 0.25) is 0 Å². The van der Waals surface area contributed by atoms with Crippen molar-refractivity contribution < 1.29 is 22.7 Å². The maximum atomic E-state index is 13.2. The Morgan fingerprint density at radius 1 is 1.11 bits per heavy atom. The molecular weight excluding hydrogens is 494 g/mol. The van der Waals surface area contributed by atoms with Crippen molar-refractivity contribution >= 4 is 33.3 Å². The molecule has 4 rings (SSSR count). The van der Waals surface area contributed by atoms with E-state index in [-0.39, 0.29) is 21.9 Å². The highest BCUT2D eigenvalue weighted by Gasteiger charge is 2.40. The number of nitrogens with zero attached hydrogens (tertiary/aromatic N) is 3. The zero-order valence-corrected chi connectivity index (χ0v) is 22.3. The summed E-state index contributed by atoms with van der Waals surface area (Å²) in [5, 5.41) is 2.73. The Balaban J connectivity index is 1.59. The van der Waals surface area contributed by atoms with E-state index < -0.39 is 15.9 Å². The Morgan fingerprint density at radius 2 is 1.89 bits per heavy atom. The van der Waals surface area contributed by atoms with E-state index in [9.17, 15) is 13.2 Å². The molecule has 0 saturated carbocycles. The van der Waals surface area contributed by atoms with Gasteiger partial charge < -0.3 is 19.7 Å². The number of anilines is 3. The van der Waals surface area contributed by atoms with Gasteiger partial charge in [-0.3, -0.25) is 4.79 Å². The normalized spacial score (nSPS) is 16.8. The minimum atomic E-state index is -4.28. The van der Waals surface area contributed by atoms with E-state index in [1.165, 1.54) is 19.2 Å². The molecule has 1 aromatic carbocycles. The van der Waals surface area contributed by atoms with Crippen LogP contribution < -0.4 is 24.4 Å². The van der Waals surface area contributed by atoms with Crippen molar-refractivity contribution in [1.82, 2.24) is 14.7 Å². The highest BCUT2D eigenvalue weighted by atomic mass is 32.2. The molecule has 0 aliphatic carbocycles. The fourth-order valence-electron chi connectivity index (χ4n) is 4.31. The Hall–Kier alpha value is -3.86. The van der Waals surface area contributed by atoms with Crippen LogP contribution in [0.4, 0.5) is 17.3 Å². The number of carbonyl (C=O) groups excluding carboxylic acids is 1. The lowest BCUT2D eigenvalue weighted by Gasteiger charge is -2.36. The molecule has 1 aliphatic rings. The predicted octanol–water partition coefficient (Wildman–Crippen LogP) is 3.98. The average Bonchev–Trinajstić information content (AvgIpc) is 3.15. The van der Waals surface area contributed by atoms with Gasteiger partial charge in [0.15, 0.2) is 5.03 Å². The molecule has 2 aromatic heterocycles. The first-order chi connectivity index (χ1) is 17.6. The van der Waals surface area contributed by atoms with E-state index in [0.29, 0.717) is 28.9 Å². The number of aromatic nitrogens is 2.